The minimum absolute atomic E-state index is 0.0754. The first-order valence-electron chi connectivity index (χ1n) is 11.1. The highest BCUT2D eigenvalue weighted by Gasteiger charge is 2.32. The lowest BCUT2D eigenvalue weighted by Gasteiger charge is -2.29. The van der Waals surface area contributed by atoms with Crippen LogP contribution in [0, 0.1) is 6.92 Å². The Hall–Kier alpha value is -3.05. The Balaban J connectivity index is 1.53. The van der Waals surface area contributed by atoms with Crippen LogP contribution < -0.4 is 16.0 Å². The average molecular weight is 486 g/mol. The number of halogens is 1. The number of aliphatic hydroxyl groups is 1. The van der Waals surface area contributed by atoms with E-state index in [-0.39, 0.29) is 18.3 Å². The zero-order valence-electron chi connectivity index (χ0n) is 19.1. The van der Waals surface area contributed by atoms with E-state index in [0.717, 1.165) is 18.4 Å². The van der Waals surface area contributed by atoms with Crippen molar-refractivity contribution in [1.82, 2.24) is 30.2 Å². The summed E-state index contributed by atoms with van der Waals surface area (Å²) in [5.41, 5.74) is -0.259. The summed E-state index contributed by atoms with van der Waals surface area (Å²) in [6.45, 7) is 3.39. The molecule has 1 unspecified atom stereocenters. The highest BCUT2D eigenvalue weighted by Crippen LogP contribution is 2.22. The number of hydrogen-bond donors (Lipinski definition) is 4. The molecule has 1 aromatic carbocycles. The molecule has 1 aliphatic rings. The second-order valence-electron chi connectivity index (χ2n) is 8.25. The Labute approximate surface area is 202 Å². The van der Waals surface area contributed by atoms with Crippen molar-refractivity contribution < 1.29 is 14.6 Å². The van der Waals surface area contributed by atoms with Gasteiger partial charge in [-0.15, -0.1) is 0 Å². The lowest BCUT2D eigenvalue weighted by atomic mass is 10.0. The van der Waals surface area contributed by atoms with Crippen molar-refractivity contribution in [2.75, 3.05) is 32.1 Å². The molecule has 34 heavy (non-hydrogen) atoms. The number of ether oxygens (including phenoxy) is 1. The standard InChI is InChI=1S/C23H28ClN7O3/c1-15-11-26-22(28-18-6-8-34-9-7-18)29-20(15)31-12-19(27-14-31)21(32)30-23(33,13-25-2)16-4-3-5-17(24)10-16/h3-5,10-12,14,18,25,33H,6-9,13H2,1-2H3,(H,30,32)(H,26,28,29). The SMILES string of the molecule is CNCC(O)(NC(=O)c1cn(-c2nc(NC3CCOCC3)ncc2C)cn1)c1cccc(Cl)c1. The molecule has 3 heterocycles. The fourth-order valence-electron chi connectivity index (χ4n) is 3.82. The monoisotopic (exact) mass is 485 g/mol. The Morgan fingerprint density at radius 2 is 2.12 bits per heavy atom. The zero-order chi connectivity index (χ0) is 24.1. The fraction of sp³-hybridized carbons (Fsp3) is 0.391. The van der Waals surface area contributed by atoms with Gasteiger partial charge >= 0.3 is 0 Å². The van der Waals surface area contributed by atoms with Crippen LogP contribution in [0.5, 0.6) is 0 Å². The summed E-state index contributed by atoms with van der Waals surface area (Å²) >= 11 is 6.08. The van der Waals surface area contributed by atoms with E-state index in [0.29, 0.717) is 35.6 Å². The van der Waals surface area contributed by atoms with Crippen LogP contribution in [0.15, 0.2) is 43.0 Å². The third kappa shape index (κ3) is 5.53. The molecule has 4 N–H and O–H groups in total. The number of imidazole rings is 1. The van der Waals surface area contributed by atoms with E-state index in [9.17, 15) is 9.90 Å². The summed E-state index contributed by atoms with van der Waals surface area (Å²) in [7, 11) is 1.68. The van der Waals surface area contributed by atoms with Gasteiger partial charge < -0.3 is 25.8 Å². The molecule has 0 bridgehead atoms. The fourth-order valence-corrected chi connectivity index (χ4v) is 4.01. The molecule has 0 spiro atoms. The number of rotatable bonds is 8. The minimum atomic E-state index is -1.67. The number of carbonyl (C=O) groups is 1. The van der Waals surface area contributed by atoms with Crippen LogP contribution >= 0.6 is 11.6 Å². The Bertz CT molecular complexity index is 1150. The molecule has 180 valence electrons. The number of benzene rings is 1. The van der Waals surface area contributed by atoms with E-state index in [1.54, 1.807) is 48.3 Å². The molecule has 0 saturated carbocycles. The second-order valence-corrected chi connectivity index (χ2v) is 8.69. The highest BCUT2D eigenvalue weighted by molar-refractivity contribution is 6.30. The van der Waals surface area contributed by atoms with Crippen LogP contribution in [0.3, 0.4) is 0 Å². The number of hydrogen-bond acceptors (Lipinski definition) is 8. The predicted octanol–water partition coefficient (Wildman–Crippen LogP) is 2.01. The summed E-state index contributed by atoms with van der Waals surface area (Å²) < 4.78 is 7.06. The maximum Gasteiger partial charge on any atom is 0.273 e. The van der Waals surface area contributed by atoms with Crippen LogP contribution in [0.4, 0.5) is 5.95 Å². The predicted molar refractivity (Wildman–Crippen MR) is 128 cm³/mol. The van der Waals surface area contributed by atoms with Gasteiger partial charge in [0.05, 0.1) is 0 Å². The van der Waals surface area contributed by atoms with Crippen molar-refractivity contribution in [2.45, 2.75) is 31.5 Å². The number of nitrogens with zero attached hydrogens (tertiary/aromatic N) is 4. The van der Waals surface area contributed by atoms with E-state index in [4.69, 9.17) is 16.3 Å². The van der Waals surface area contributed by atoms with Gasteiger partial charge in [0.2, 0.25) is 5.95 Å². The van der Waals surface area contributed by atoms with E-state index in [1.165, 1.54) is 6.33 Å². The van der Waals surface area contributed by atoms with Gasteiger partial charge in [-0.1, -0.05) is 23.7 Å². The summed E-state index contributed by atoms with van der Waals surface area (Å²) in [6.07, 6.45) is 6.60. The van der Waals surface area contributed by atoms with Crippen molar-refractivity contribution in [3.05, 3.63) is 64.8 Å². The number of likely N-dealkylation sites (N-methyl/N-ethyl adjacent to an activating group) is 1. The molecule has 4 rings (SSSR count). The van der Waals surface area contributed by atoms with Crippen molar-refractivity contribution >= 4 is 23.5 Å². The number of aromatic nitrogens is 4. The molecule has 0 radical (unpaired) electrons. The Morgan fingerprint density at radius 3 is 2.85 bits per heavy atom. The topological polar surface area (TPSA) is 126 Å². The lowest BCUT2D eigenvalue weighted by Crippen LogP contribution is -2.51. The third-order valence-corrected chi connectivity index (χ3v) is 5.85. The van der Waals surface area contributed by atoms with Crippen molar-refractivity contribution in [3.8, 4) is 5.82 Å². The van der Waals surface area contributed by atoms with Gasteiger partial charge in [0.15, 0.2) is 5.72 Å². The van der Waals surface area contributed by atoms with Gasteiger partial charge in [0.1, 0.15) is 17.8 Å². The molecule has 1 atom stereocenters. The van der Waals surface area contributed by atoms with Gasteiger partial charge in [-0.3, -0.25) is 9.36 Å². The molecule has 1 fully saturated rings. The van der Waals surface area contributed by atoms with Crippen molar-refractivity contribution in [2.24, 2.45) is 0 Å². The molecule has 1 amide bonds. The van der Waals surface area contributed by atoms with Crippen molar-refractivity contribution in [1.29, 1.82) is 0 Å². The van der Waals surface area contributed by atoms with E-state index >= 15 is 0 Å². The van der Waals surface area contributed by atoms with Gasteiger partial charge in [-0.2, -0.15) is 4.98 Å². The number of aryl methyl sites for hydroxylation is 1. The summed E-state index contributed by atoms with van der Waals surface area (Å²) in [6, 6.07) is 6.96. The van der Waals surface area contributed by atoms with Gasteiger partial charge in [-0.25, -0.2) is 9.97 Å². The first-order valence-corrected chi connectivity index (χ1v) is 11.4. The maximum absolute atomic E-state index is 13.0. The number of nitrogens with one attached hydrogen (secondary N) is 3. The summed E-state index contributed by atoms with van der Waals surface area (Å²) in [4.78, 5) is 26.2. The molecule has 2 aromatic heterocycles. The van der Waals surface area contributed by atoms with Crippen molar-refractivity contribution in [3.63, 3.8) is 0 Å². The molecular formula is C23H28ClN7O3. The lowest BCUT2D eigenvalue weighted by molar-refractivity contribution is 0.00526. The number of anilines is 1. The summed E-state index contributed by atoms with van der Waals surface area (Å²) in [5.74, 6) is 0.580. The van der Waals surface area contributed by atoms with Crippen LogP contribution in [-0.4, -0.2) is 63.4 Å². The molecule has 0 aliphatic carbocycles. The van der Waals surface area contributed by atoms with Crippen LogP contribution in [-0.2, 0) is 10.5 Å². The van der Waals surface area contributed by atoms with E-state index < -0.39 is 11.6 Å². The number of amides is 1. The van der Waals surface area contributed by atoms with E-state index in [1.807, 2.05) is 6.92 Å². The normalized spacial score (nSPS) is 16.1. The third-order valence-electron chi connectivity index (χ3n) is 5.61. The first-order chi connectivity index (χ1) is 16.4. The zero-order valence-corrected chi connectivity index (χ0v) is 19.8. The average Bonchev–Trinajstić information content (AvgIpc) is 3.31. The molecule has 3 aromatic rings. The summed E-state index contributed by atoms with van der Waals surface area (Å²) in [5, 5.41) is 20.5. The van der Waals surface area contributed by atoms with Gasteiger partial charge in [0, 0.05) is 54.3 Å². The van der Waals surface area contributed by atoms with E-state index in [2.05, 4.69) is 30.9 Å². The first kappa shape index (κ1) is 24.1. The van der Waals surface area contributed by atoms with Gasteiger partial charge in [0.25, 0.3) is 5.91 Å². The minimum Gasteiger partial charge on any atom is -0.381 e. The molecular weight excluding hydrogens is 458 g/mol. The Kier molecular flexibility index (Phi) is 7.42. The van der Waals surface area contributed by atoms with Crippen LogP contribution in [0.2, 0.25) is 5.02 Å². The quantitative estimate of drug-likeness (QED) is 0.357. The molecule has 1 saturated heterocycles. The number of carbonyl (C=O) groups excluding carboxylic acids is 1. The van der Waals surface area contributed by atoms with Crippen LogP contribution in [0.25, 0.3) is 5.82 Å². The second kappa shape index (κ2) is 10.5. The highest BCUT2D eigenvalue weighted by atomic mass is 35.5. The van der Waals surface area contributed by atoms with Gasteiger partial charge in [-0.05, 0) is 38.9 Å². The molecule has 10 nitrogen and oxygen atoms in total. The largest absolute Gasteiger partial charge is 0.381 e. The Morgan fingerprint density at radius 1 is 1.32 bits per heavy atom. The molecule has 1 aliphatic heterocycles. The molecule has 11 heteroatoms. The smallest absolute Gasteiger partial charge is 0.273 e. The van der Waals surface area contributed by atoms with Crippen LogP contribution in [0.1, 0.15) is 34.5 Å². The maximum atomic E-state index is 13.0.